The van der Waals surface area contributed by atoms with Crippen LogP contribution in [0.1, 0.15) is 21.5 Å². The van der Waals surface area contributed by atoms with Gasteiger partial charge in [-0.1, -0.05) is 24.3 Å². The number of amides is 1. The number of hydrogen-bond donors (Lipinski definition) is 2. The molecule has 110 valence electrons. The van der Waals surface area contributed by atoms with Crippen molar-refractivity contribution in [3.8, 4) is 0 Å². The van der Waals surface area contributed by atoms with E-state index >= 15 is 0 Å². The first kappa shape index (κ1) is 15.0. The Labute approximate surface area is 122 Å². The molecule has 2 aromatic carbocycles. The number of primary amides is 1. The van der Waals surface area contributed by atoms with E-state index in [0.29, 0.717) is 13.2 Å². The monoisotopic (exact) mass is 288 g/mol. The number of hydrogen-bond acceptors (Lipinski definition) is 3. The summed E-state index contributed by atoms with van der Waals surface area (Å²) in [5, 5.41) is 2.97. The van der Waals surface area contributed by atoms with Crippen LogP contribution in [-0.2, 0) is 17.9 Å². The summed E-state index contributed by atoms with van der Waals surface area (Å²) in [6.45, 7) is 0.968. The minimum absolute atomic E-state index is 0.253. The molecule has 0 spiro atoms. The summed E-state index contributed by atoms with van der Waals surface area (Å²) in [6.07, 6.45) is 0. The molecule has 2 rings (SSSR count). The fourth-order valence-electron chi connectivity index (χ4n) is 2.01. The number of nitrogens with two attached hydrogens (primary N) is 1. The van der Waals surface area contributed by atoms with Gasteiger partial charge in [-0.15, -0.1) is 0 Å². The number of nitrogens with one attached hydrogen (secondary N) is 1. The zero-order chi connectivity index (χ0) is 15.2. The van der Waals surface area contributed by atoms with Crippen molar-refractivity contribution in [1.29, 1.82) is 0 Å². The quantitative estimate of drug-likeness (QED) is 0.859. The molecule has 0 aromatic heterocycles. The van der Waals surface area contributed by atoms with Crippen LogP contribution in [0.3, 0.4) is 0 Å². The van der Waals surface area contributed by atoms with Crippen LogP contribution in [0.4, 0.5) is 10.1 Å². The third-order valence-electron chi connectivity index (χ3n) is 3.04. The van der Waals surface area contributed by atoms with E-state index in [4.69, 9.17) is 10.5 Å². The summed E-state index contributed by atoms with van der Waals surface area (Å²) in [6, 6.07) is 11.8. The molecule has 0 atom stereocenters. The van der Waals surface area contributed by atoms with Gasteiger partial charge in [0.1, 0.15) is 5.82 Å². The van der Waals surface area contributed by atoms with E-state index in [-0.39, 0.29) is 11.3 Å². The van der Waals surface area contributed by atoms with Gasteiger partial charge in [0.05, 0.1) is 12.3 Å². The first-order valence-electron chi connectivity index (χ1n) is 6.50. The highest BCUT2D eigenvalue weighted by molar-refractivity contribution is 5.93. The third-order valence-corrected chi connectivity index (χ3v) is 3.04. The second kappa shape index (κ2) is 6.85. The Bertz CT molecular complexity index is 644. The molecule has 2 aromatic rings. The third kappa shape index (κ3) is 4.03. The van der Waals surface area contributed by atoms with Crippen molar-refractivity contribution in [2.45, 2.75) is 13.2 Å². The lowest BCUT2D eigenvalue weighted by atomic mass is 10.1. The van der Waals surface area contributed by atoms with Crippen LogP contribution in [0.15, 0.2) is 42.5 Å². The van der Waals surface area contributed by atoms with Crippen LogP contribution in [0.2, 0.25) is 0 Å². The van der Waals surface area contributed by atoms with Gasteiger partial charge in [-0.05, 0) is 29.3 Å². The van der Waals surface area contributed by atoms with Crippen LogP contribution in [0, 0.1) is 5.82 Å². The van der Waals surface area contributed by atoms with Crippen molar-refractivity contribution in [3.05, 3.63) is 65.0 Å². The number of methoxy groups -OCH3 is 1. The molecule has 1 amide bonds. The molecule has 0 heterocycles. The summed E-state index contributed by atoms with van der Waals surface area (Å²) in [5.41, 5.74) is 7.75. The first-order chi connectivity index (χ1) is 10.1. The van der Waals surface area contributed by atoms with Crippen LogP contribution in [0.5, 0.6) is 0 Å². The summed E-state index contributed by atoms with van der Waals surface area (Å²) < 4.78 is 18.8. The van der Waals surface area contributed by atoms with Crippen molar-refractivity contribution < 1.29 is 13.9 Å². The molecule has 0 saturated heterocycles. The van der Waals surface area contributed by atoms with E-state index in [1.807, 2.05) is 24.3 Å². The molecule has 21 heavy (non-hydrogen) atoms. The minimum Gasteiger partial charge on any atom is -0.380 e. The molecule has 0 aliphatic carbocycles. The maximum absolute atomic E-state index is 13.7. The van der Waals surface area contributed by atoms with Gasteiger partial charge in [-0.25, -0.2) is 4.39 Å². The standard InChI is InChI=1S/C16H17FN2O2/c1-21-10-12-4-2-3-11(7-12)9-19-15-8-13(16(18)20)5-6-14(15)17/h2-8,19H,9-10H2,1H3,(H2,18,20). The summed E-state index contributed by atoms with van der Waals surface area (Å²) in [4.78, 5) is 11.1. The van der Waals surface area contributed by atoms with Gasteiger partial charge in [0, 0.05) is 19.2 Å². The van der Waals surface area contributed by atoms with E-state index < -0.39 is 11.7 Å². The molecular weight excluding hydrogens is 271 g/mol. The predicted molar refractivity (Wildman–Crippen MR) is 79.4 cm³/mol. The molecular formula is C16H17FN2O2. The Kier molecular flexibility index (Phi) is 4.90. The second-order valence-electron chi connectivity index (χ2n) is 4.67. The van der Waals surface area contributed by atoms with E-state index in [0.717, 1.165) is 11.1 Å². The molecule has 0 aliphatic heterocycles. The van der Waals surface area contributed by atoms with Gasteiger partial charge >= 0.3 is 0 Å². The smallest absolute Gasteiger partial charge is 0.248 e. The number of rotatable bonds is 6. The Morgan fingerprint density at radius 1 is 1.24 bits per heavy atom. The van der Waals surface area contributed by atoms with Gasteiger partial charge in [0.25, 0.3) is 0 Å². The van der Waals surface area contributed by atoms with E-state index in [1.54, 1.807) is 7.11 Å². The van der Waals surface area contributed by atoms with E-state index in [2.05, 4.69) is 5.32 Å². The minimum atomic E-state index is -0.583. The Hall–Kier alpha value is -2.40. The van der Waals surface area contributed by atoms with Crippen LogP contribution in [-0.4, -0.2) is 13.0 Å². The number of carbonyl (C=O) groups excluding carboxylic acids is 1. The van der Waals surface area contributed by atoms with Crippen molar-refractivity contribution in [3.63, 3.8) is 0 Å². The summed E-state index contributed by atoms with van der Waals surface area (Å²) >= 11 is 0. The van der Waals surface area contributed by atoms with Crippen molar-refractivity contribution >= 4 is 11.6 Å². The normalized spacial score (nSPS) is 10.4. The van der Waals surface area contributed by atoms with E-state index in [9.17, 15) is 9.18 Å². The lowest BCUT2D eigenvalue weighted by Gasteiger charge is -2.10. The summed E-state index contributed by atoms with van der Waals surface area (Å²) in [5.74, 6) is -1.01. The highest BCUT2D eigenvalue weighted by atomic mass is 19.1. The number of carbonyl (C=O) groups is 1. The van der Waals surface area contributed by atoms with Gasteiger partial charge in [-0.2, -0.15) is 0 Å². The molecule has 0 saturated carbocycles. The fourth-order valence-corrected chi connectivity index (χ4v) is 2.01. The van der Waals surface area contributed by atoms with Crippen LogP contribution in [0.25, 0.3) is 0 Å². The Morgan fingerprint density at radius 3 is 2.71 bits per heavy atom. The SMILES string of the molecule is COCc1cccc(CNc2cc(C(N)=O)ccc2F)c1. The Balaban J connectivity index is 2.10. The number of halogens is 1. The highest BCUT2D eigenvalue weighted by Crippen LogP contribution is 2.17. The van der Waals surface area contributed by atoms with Gasteiger partial charge in [0.2, 0.25) is 5.91 Å². The van der Waals surface area contributed by atoms with Crippen molar-refractivity contribution in [1.82, 2.24) is 0 Å². The van der Waals surface area contributed by atoms with Crippen molar-refractivity contribution in [2.75, 3.05) is 12.4 Å². The number of benzene rings is 2. The first-order valence-corrected chi connectivity index (χ1v) is 6.50. The van der Waals surface area contributed by atoms with Crippen LogP contribution >= 0.6 is 0 Å². The molecule has 4 nitrogen and oxygen atoms in total. The summed E-state index contributed by atoms with van der Waals surface area (Å²) in [7, 11) is 1.63. The highest BCUT2D eigenvalue weighted by Gasteiger charge is 2.07. The molecule has 0 radical (unpaired) electrons. The second-order valence-corrected chi connectivity index (χ2v) is 4.67. The maximum Gasteiger partial charge on any atom is 0.248 e. The lowest BCUT2D eigenvalue weighted by Crippen LogP contribution is -2.12. The van der Waals surface area contributed by atoms with Crippen molar-refractivity contribution in [2.24, 2.45) is 5.73 Å². The van der Waals surface area contributed by atoms with E-state index in [1.165, 1.54) is 18.2 Å². The average molecular weight is 288 g/mol. The van der Waals surface area contributed by atoms with Gasteiger partial charge in [0.15, 0.2) is 0 Å². The largest absolute Gasteiger partial charge is 0.380 e. The molecule has 5 heteroatoms. The fraction of sp³-hybridized carbons (Fsp3) is 0.188. The maximum atomic E-state index is 13.7. The molecule has 0 bridgehead atoms. The molecule has 0 aliphatic rings. The van der Waals surface area contributed by atoms with Crippen LogP contribution < -0.4 is 11.1 Å². The zero-order valence-electron chi connectivity index (χ0n) is 11.7. The lowest BCUT2D eigenvalue weighted by molar-refractivity contribution is 0.100. The zero-order valence-corrected chi connectivity index (χ0v) is 11.7. The topological polar surface area (TPSA) is 64.3 Å². The van der Waals surface area contributed by atoms with Gasteiger partial charge < -0.3 is 15.8 Å². The number of ether oxygens (including phenoxy) is 1. The Morgan fingerprint density at radius 2 is 2.00 bits per heavy atom. The molecule has 0 unspecified atom stereocenters. The average Bonchev–Trinajstić information content (AvgIpc) is 2.47. The molecule has 3 N–H and O–H groups in total. The predicted octanol–water partition coefficient (Wildman–Crippen LogP) is 2.68. The molecule has 0 fully saturated rings. The van der Waals surface area contributed by atoms with Gasteiger partial charge in [-0.3, -0.25) is 4.79 Å². The number of anilines is 1.